The van der Waals surface area contributed by atoms with Crippen LogP contribution in [-0.2, 0) is 0 Å². The van der Waals surface area contributed by atoms with Crippen LogP contribution in [0.15, 0.2) is 42.5 Å². The molecule has 3 rings (SSSR count). The number of nitro benzene ring substituents is 3. The molecule has 178 valence electrons. The van der Waals surface area contributed by atoms with Crippen LogP contribution in [0.5, 0.6) is 0 Å². The van der Waals surface area contributed by atoms with Crippen LogP contribution in [0, 0.1) is 30.3 Å². The molecule has 0 saturated carbocycles. The van der Waals surface area contributed by atoms with Gasteiger partial charge in [-0.3, -0.25) is 30.3 Å². The zero-order valence-electron chi connectivity index (χ0n) is 17.2. The topological polar surface area (TPSA) is 129 Å². The minimum atomic E-state index is -0.938. The van der Waals surface area contributed by atoms with E-state index in [4.69, 9.17) is 46.4 Å². The summed E-state index contributed by atoms with van der Waals surface area (Å²) in [5, 5.41) is 36.5. The van der Waals surface area contributed by atoms with E-state index in [1.165, 1.54) is 48.6 Å². The lowest BCUT2D eigenvalue weighted by molar-refractivity contribution is -0.403. The van der Waals surface area contributed by atoms with E-state index in [-0.39, 0.29) is 10.0 Å². The Balaban J connectivity index is 2.30. The molecule has 0 spiro atoms. The van der Waals surface area contributed by atoms with E-state index in [0.29, 0.717) is 27.2 Å². The Kier molecular flexibility index (Phi) is 8.08. The van der Waals surface area contributed by atoms with Crippen LogP contribution < -0.4 is 0 Å². The van der Waals surface area contributed by atoms with E-state index in [0.717, 1.165) is 12.2 Å². The van der Waals surface area contributed by atoms with Crippen LogP contribution in [0.3, 0.4) is 0 Å². The molecule has 0 saturated heterocycles. The second-order valence-corrected chi connectivity index (χ2v) is 8.55. The first-order chi connectivity index (χ1) is 16.5. The molecule has 9 nitrogen and oxygen atoms in total. The fraction of sp³-hybridized carbons (Fsp3) is 0. The zero-order chi connectivity index (χ0) is 25.9. The summed E-state index contributed by atoms with van der Waals surface area (Å²) in [5.74, 6) is 0. The van der Waals surface area contributed by atoms with Crippen molar-refractivity contribution in [2.24, 2.45) is 0 Å². The standard InChI is InChI=1S/C22H11Cl4N3O6/c23-14-5-1-12(18(25)9-14)3-7-16-20(27(30)31)11-21(28(32)33)17(22(16)29(34)35)8-4-13-2-6-15(24)10-19(13)26/h1-11H. The van der Waals surface area contributed by atoms with E-state index in [1.807, 2.05) is 0 Å². The fourth-order valence-electron chi connectivity index (χ4n) is 3.12. The molecule has 13 heteroatoms. The molecule has 0 heterocycles. The molecular weight excluding hydrogens is 544 g/mol. The zero-order valence-corrected chi connectivity index (χ0v) is 20.2. The highest BCUT2D eigenvalue weighted by Gasteiger charge is 2.34. The molecule has 3 aromatic rings. The highest BCUT2D eigenvalue weighted by atomic mass is 35.5. The predicted molar refractivity (Wildman–Crippen MR) is 137 cm³/mol. The van der Waals surface area contributed by atoms with Crippen LogP contribution in [0.4, 0.5) is 17.1 Å². The number of nitro groups is 3. The molecular formula is C22H11Cl4N3O6. The van der Waals surface area contributed by atoms with Gasteiger partial charge in [-0.2, -0.15) is 0 Å². The maximum Gasteiger partial charge on any atom is 0.297 e. The molecule has 0 radical (unpaired) electrons. The van der Waals surface area contributed by atoms with E-state index in [1.54, 1.807) is 0 Å². The highest BCUT2D eigenvalue weighted by Crippen LogP contribution is 2.41. The SMILES string of the molecule is O=[N+]([O-])c1cc([N+](=O)[O-])c(C=Cc2ccc(Cl)cc2Cl)c([N+](=O)[O-])c1C=Cc1ccc(Cl)cc1Cl. The number of benzene rings is 3. The largest absolute Gasteiger partial charge is 0.297 e. The van der Waals surface area contributed by atoms with Crippen LogP contribution in [-0.4, -0.2) is 14.8 Å². The van der Waals surface area contributed by atoms with Crippen molar-refractivity contribution >= 4 is 87.8 Å². The van der Waals surface area contributed by atoms with Crippen molar-refractivity contribution in [3.05, 3.63) is 115 Å². The summed E-state index contributed by atoms with van der Waals surface area (Å²) in [7, 11) is 0. The van der Waals surface area contributed by atoms with Gasteiger partial charge >= 0.3 is 0 Å². The van der Waals surface area contributed by atoms with Gasteiger partial charge in [0.2, 0.25) is 0 Å². The van der Waals surface area contributed by atoms with Gasteiger partial charge in [0, 0.05) is 20.1 Å². The minimum Gasteiger partial charge on any atom is -0.258 e. The Hall–Kier alpha value is -3.50. The average Bonchev–Trinajstić information content (AvgIpc) is 2.76. The monoisotopic (exact) mass is 553 g/mol. The Morgan fingerprint density at radius 2 is 0.971 bits per heavy atom. The summed E-state index contributed by atoms with van der Waals surface area (Å²) in [6.45, 7) is 0. The van der Waals surface area contributed by atoms with Gasteiger partial charge in [-0.15, -0.1) is 0 Å². The van der Waals surface area contributed by atoms with E-state index in [9.17, 15) is 30.3 Å². The predicted octanol–water partition coefficient (Wildman–Crippen LogP) is 8.37. The highest BCUT2D eigenvalue weighted by molar-refractivity contribution is 6.36. The van der Waals surface area contributed by atoms with Crippen molar-refractivity contribution in [1.82, 2.24) is 0 Å². The molecule has 0 bridgehead atoms. The summed E-state index contributed by atoms with van der Waals surface area (Å²) in [5.41, 5.74) is -2.69. The molecule has 0 atom stereocenters. The van der Waals surface area contributed by atoms with Crippen LogP contribution in [0.2, 0.25) is 20.1 Å². The maximum absolute atomic E-state index is 12.0. The number of nitrogens with zero attached hydrogens (tertiary/aromatic N) is 3. The Bertz CT molecular complexity index is 1340. The summed E-state index contributed by atoms with van der Waals surface area (Å²) in [6.07, 6.45) is 4.82. The molecule has 0 fully saturated rings. The van der Waals surface area contributed by atoms with Crippen LogP contribution in [0.25, 0.3) is 24.3 Å². The van der Waals surface area contributed by atoms with E-state index in [2.05, 4.69) is 0 Å². The third kappa shape index (κ3) is 5.95. The summed E-state index contributed by atoms with van der Waals surface area (Å²) < 4.78 is 0. The van der Waals surface area contributed by atoms with Crippen molar-refractivity contribution in [3.8, 4) is 0 Å². The minimum absolute atomic E-state index is 0.193. The normalized spacial score (nSPS) is 11.3. The van der Waals surface area contributed by atoms with Crippen LogP contribution >= 0.6 is 46.4 Å². The van der Waals surface area contributed by atoms with Gasteiger partial charge in [0.1, 0.15) is 11.1 Å². The van der Waals surface area contributed by atoms with Crippen molar-refractivity contribution in [2.75, 3.05) is 0 Å². The van der Waals surface area contributed by atoms with Gasteiger partial charge < -0.3 is 0 Å². The number of halogens is 4. The lowest BCUT2D eigenvalue weighted by Crippen LogP contribution is -2.04. The van der Waals surface area contributed by atoms with Gasteiger partial charge in [0.25, 0.3) is 17.1 Å². The summed E-state index contributed by atoms with van der Waals surface area (Å²) in [4.78, 5) is 32.6. The molecule has 0 aliphatic rings. The molecule has 0 aliphatic carbocycles. The maximum atomic E-state index is 12.0. The molecule has 3 aromatic carbocycles. The average molecular weight is 555 g/mol. The Labute approximate surface area is 217 Å². The Morgan fingerprint density at radius 1 is 0.571 bits per heavy atom. The lowest BCUT2D eigenvalue weighted by atomic mass is 10.00. The molecule has 0 aliphatic heterocycles. The first-order valence-corrected chi connectivity index (χ1v) is 10.9. The van der Waals surface area contributed by atoms with Crippen molar-refractivity contribution in [2.45, 2.75) is 0 Å². The first-order valence-electron chi connectivity index (χ1n) is 9.40. The van der Waals surface area contributed by atoms with Crippen molar-refractivity contribution in [3.63, 3.8) is 0 Å². The third-order valence-electron chi connectivity index (χ3n) is 4.70. The smallest absolute Gasteiger partial charge is 0.258 e. The molecule has 35 heavy (non-hydrogen) atoms. The Morgan fingerprint density at radius 3 is 1.29 bits per heavy atom. The van der Waals surface area contributed by atoms with Crippen LogP contribution in [0.1, 0.15) is 22.3 Å². The molecule has 0 unspecified atom stereocenters. The van der Waals surface area contributed by atoms with E-state index < -0.39 is 43.0 Å². The van der Waals surface area contributed by atoms with Gasteiger partial charge in [0.05, 0.1) is 20.8 Å². The lowest BCUT2D eigenvalue weighted by Gasteiger charge is -2.06. The molecule has 0 aromatic heterocycles. The second-order valence-electron chi connectivity index (χ2n) is 6.86. The van der Waals surface area contributed by atoms with Crippen molar-refractivity contribution < 1.29 is 14.8 Å². The molecule has 0 N–H and O–H groups in total. The fourth-order valence-corrected chi connectivity index (χ4v) is 4.06. The summed E-state index contributed by atoms with van der Waals surface area (Å²) >= 11 is 24.0. The number of hydrogen-bond donors (Lipinski definition) is 0. The van der Waals surface area contributed by atoms with E-state index >= 15 is 0 Å². The number of rotatable bonds is 7. The number of hydrogen-bond acceptors (Lipinski definition) is 6. The third-order valence-corrected chi connectivity index (χ3v) is 5.82. The van der Waals surface area contributed by atoms with Gasteiger partial charge in [-0.1, -0.05) is 70.7 Å². The quantitative estimate of drug-likeness (QED) is 0.164. The summed E-state index contributed by atoms with van der Waals surface area (Å²) in [6, 6.07) is 9.54. The first kappa shape index (κ1) is 26.1. The second kappa shape index (κ2) is 10.8. The van der Waals surface area contributed by atoms with Gasteiger partial charge in [0.15, 0.2) is 0 Å². The van der Waals surface area contributed by atoms with Crippen molar-refractivity contribution in [1.29, 1.82) is 0 Å². The van der Waals surface area contributed by atoms with Gasteiger partial charge in [-0.05, 0) is 47.5 Å². The molecule has 0 amide bonds. The van der Waals surface area contributed by atoms with Gasteiger partial charge in [-0.25, -0.2) is 0 Å².